The van der Waals surface area contributed by atoms with E-state index in [1.165, 1.54) is 5.56 Å². The van der Waals surface area contributed by atoms with Crippen molar-refractivity contribution < 1.29 is 0 Å². The summed E-state index contributed by atoms with van der Waals surface area (Å²) < 4.78 is 0. The third-order valence-electron chi connectivity index (χ3n) is 2.55. The summed E-state index contributed by atoms with van der Waals surface area (Å²) in [5.74, 6) is 0. The predicted octanol–water partition coefficient (Wildman–Crippen LogP) is 3.21. The third-order valence-corrected chi connectivity index (χ3v) is 3.28. The van der Waals surface area contributed by atoms with Crippen molar-refractivity contribution in [1.82, 2.24) is 4.98 Å². The summed E-state index contributed by atoms with van der Waals surface area (Å²) >= 11 is 1.73. The maximum Gasteiger partial charge on any atom is 0.0573 e. The van der Waals surface area contributed by atoms with Gasteiger partial charge in [-0.2, -0.15) is 11.3 Å². The van der Waals surface area contributed by atoms with Crippen LogP contribution in [0.3, 0.4) is 0 Å². The first-order valence-electron chi connectivity index (χ1n) is 5.70. The van der Waals surface area contributed by atoms with E-state index in [0.29, 0.717) is 0 Å². The largest absolute Gasteiger partial charge is 0.384 e. The molecule has 2 heterocycles. The molecule has 4 heteroatoms. The van der Waals surface area contributed by atoms with Crippen LogP contribution in [0, 0.1) is 0 Å². The first-order chi connectivity index (χ1) is 8.29. The van der Waals surface area contributed by atoms with Gasteiger partial charge in [0.15, 0.2) is 0 Å². The van der Waals surface area contributed by atoms with Crippen LogP contribution in [0.4, 0.5) is 11.4 Å². The molecule has 0 fully saturated rings. The minimum Gasteiger partial charge on any atom is -0.384 e. The number of rotatable bonds is 5. The fraction of sp³-hybridized carbons (Fsp3) is 0.308. The van der Waals surface area contributed by atoms with Crippen LogP contribution >= 0.6 is 11.3 Å². The van der Waals surface area contributed by atoms with Gasteiger partial charge in [-0.15, -0.1) is 0 Å². The lowest BCUT2D eigenvalue weighted by Gasteiger charge is -2.19. The monoisotopic (exact) mass is 247 g/mol. The number of hydrogen-bond acceptors (Lipinski definition) is 4. The Hall–Kier alpha value is -1.55. The van der Waals surface area contributed by atoms with E-state index in [4.69, 9.17) is 0 Å². The van der Waals surface area contributed by atoms with Gasteiger partial charge in [0.25, 0.3) is 0 Å². The fourth-order valence-corrected chi connectivity index (χ4v) is 2.34. The molecule has 0 aliphatic carbocycles. The van der Waals surface area contributed by atoms with Gasteiger partial charge in [0.1, 0.15) is 0 Å². The second kappa shape index (κ2) is 5.68. The minimum atomic E-state index is 0.916. The van der Waals surface area contributed by atoms with Crippen LogP contribution in [0.1, 0.15) is 12.5 Å². The van der Waals surface area contributed by atoms with Gasteiger partial charge in [0.05, 0.1) is 23.8 Å². The van der Waals surface area contributed by atoms with Gasteiger partial charge in [-0.3, -0.25) is 4.98 Å². The molecular weight excluding hydrogens is 230 g/mol. The zero-order chi connectivity index (χ0) is 12.1. The lowest BCUT2D eigenvalue weighted by atomic mass is 10.3. The molecule has 0 amide bonds. The highest BCUT2D eigenvalue weighted by Gasteiger charge is 2.03. The van der Waals surface area contributed by atoms with Gasteiger partial charge >= 0.3 is 0 Å². The molecule has 2 rings (SSSR count). The van der Waals surface area contributed by atoms with Crippen molar-refractivity contribution in [1.29, 1.82) is 0 Å². The molecule has 0 spiro atoms. The Morgan fingerprint density at radius 3 is 3.00 bits per heavy atom. The SMILES string of the molecule is CCNc1cncc(N(C)Cc2ccsc2)c1. The number of thiophene rings is 1. The number of nitrogens with zero attached hydrogens (tertiary/aromatic N) is 2. The molecule has 0 aliphatic rings. The summed E-state index contributed by atoms with van der Waals surface area (Å²) in [4.78, 5) is 6.46. The quantitative estimate of drug-likeness (QED) is 0.879. The van der Waals surface area contributed by atoms with E-state index in [0.717, 1.165) is 24.5 Å². The number of hydrogen-bond donors (Lipinski definition) is 1. The Morgan fingerprint density at radius 2 is 2.29 bits per heavy atom. The van der Waals surface area contributed by atoms with E-state index in [-0.39, 0.29) is 0 Å². The normalized spacial score (nSPS) is 10.2. The summed E-state index contributed by atoms with van der Waals surface area (Å²) in [5.41, 5.74) is 3.54. The smallest absolute Gasteiger partial charge is 0.0573 e. The lowest BCUT2D eigenvalue weighted by Crippen LogP contribution is -2.16. The van der Waals surface area contributed by atoms with Crippen molar-refractivity contribution in [3.8, 4) is 0 Å². The highest BCUT2D eigenvalue weighted by atomic mass is 32.1. The van der Waals surface area contributed by atoms with E-state index >= 15 is 0 Å². The van der Waals surface area contributed by atoms with Gasteiger partial charge in [-0.05, 0) is 35.4 Å². The van der Waals surface area contributed by atoms with Crippen LogP contribution in [0.2, 0.25) is 0 Å². The Kier molecular flexibility index (Phi) is 3.98. The van der Waals surface area contributed by atoms with Gasteiger partial charge in [-0.1, -0.05) is 0 Å². The second-order valence-corrected chi connectivity index (χ2v) is 4.73. The van der Waals surface area contributed by atoms with Crippen molar-refractivity contribution in [3.05, 3.63) is 40.8 Å². The Balaban J connectivity index is 2.07. The van der Waals surface area contributed by atoms with Crippen molar-refractivity contribution in [2.75, 3.05) is 23.8 Å². The maximum absolute atomic E-state index is 4.25. The number of nitrogens with one attached hydrogen (secondary N) is 1. The molecular formula is C13H17N3S. The van der Waals surface area contributed by atoms with E-state index in [2.05, 4.69) is 52.1 Å². The van der Waals surface area contributed by atoms with E-state index < -0.39 is 0 Å². The maximum atomic E-state index is 4.25. The highest BCUT2D eigenvalue weighted by molar-refractivity contribution is 7.07. The lowest BCUT2D eigenvalue weighted by molar-refractivity contribution is 0.922. The van der Waals surface area contributed by atoms with Gasteiger partial charge in [-0.25, -0.2) is 0 Å². The van der Waals surface area contributed by atoms with Gasteiger partial charge in [0, 0.05) is 20.1 Å². The van der Waals surface area contributed by atoms with E-state index in [1.54, 1.807) is 11.3 Å². The molecule has 0 atom stereocenters. The van der Waals surface area contributed by atoms with Gasteiger partial charge < -0.3 is 10.2 Å². The number of aromatic nitrogens is 1. The van der Waals surface area contributed by atoms with Crippen molar-refractivity contribution in [2.45, 2.75) is 13.5 Å². The molecule has 0 radical (unpaired) electrons. The van der Waals surface area contributed by atoms with E-state index in [9.17, 15) is 0 Å². The van der Waals surface area contributed by atoms with Crippen LogP contribution in [0.5, 0.6) is 0 Å². The predicted molar refractivity (Wildman–Crippen MR) is 74.8 cm³/mol. The molecule has 17 heavy (non-hydrogen) atoms. The summed E-state index contributed by atoms with van der Waals surface area (Å²) in [5, 5.41) is 7.56. The first kappa shape index (κ1) is 11.9. The number of pyridine rings is 1. The minimum absolute atomic E-state index is 0.916. The molecule has 0 bridgehead atoms. The standard InChI is InChI=1S/C13H17N3S/c1-3-15-12-6-13(8-14-7-12)16(2)9-11-4-5-17-10-11/h4-8,10,15H,3,9H2,1-2H3. The van der Waals surface area contributed by atoms with Crippen molar-refractivity contribution in [3.63, 3.8) is 0 Å². The molecule has 90 valence electrons. The van der Waals surface area contributed by atoms with Crippen LogP contribution in [0.15, 0.2) is 35.3 Å². The molecule has 0 aliphatic heterocycles. The molecule has 3 nitrogen and oxygen atoms in total. The van der Waals surface area contributed by atoms with Gasteiger partial charge in [0.2, 0.25) is 0 Å². The average Bonchev–Trinajstić information content (AvgIpc) is 2.83. The molecule has 0 saturated carbocycles. The summed E-state index contributed by atoms with van der Waals surface area (Å²) in [6.07, 6.45) is 3.75. The average molecular weight is 247 g/mol. The first-order valence-corrected chi connectivity index (χ1v) is 6.65. The Bertz CT molecular complexity index is 453. The molecule has 0 aromatic carbocycles. The Morgan fingerprint density at radius 1 is 1.41 bits per heavy atom. The molecule has 0 unspecified atom stereocenters. The number of anilines is 2. The van der Waals surface area contributed by atoms with E-state index in [1.807, 2.05) is 12.4 Å². The Labute approximate surface area is 106 Å². The summed E-state index contributed by atoms with van der Waals surface area (Å²) in [6.45, 7) is 3.92. The van der Waals surface area contributed by atoms with Crippen molar-refractivity contribution in [2.24, 2.45) is 0 Å². The van der Waals surface area contributed by atoms with Crippen LogP contribution < -0.4 is 10.2 Å². The molecule has 2 aromatic rings. The summed E-state index contributed by atoms with van der Waals surface area (Å²) in [6, 6.07) is 4.28. The highest BCUT2D eigenvalue weighted by Crippen LogP contribution is 2.19. The van der Waals surface area contributed by atoms with Crippen LogP contribution in [-0.2, 0) is 6.54 Å². The molecule has 0 saturated heterocycles. The zero-order valence-corrected chi connectivity index (χ0v) is 11.0. The molecule has 1 N–H and O–H groups in total. The van der Waals surface area contributed by atoms with Crippen LogP contribution in [0.25, 0.3) is 0 Å². The third kappa shape index (κ3) is 3.20. The molecule has 2 aromatic heterocycles. The topological polar surface area (TPSA) is 28.2 Å². The second-order valence-electron chi connectivity index (χ2n) is 3.95. The zero-order valence-electron chi connectivity index (χ0n) is 10.2. The fourth-order valence-electron chi connectivity index (χ4n) is 1.69. The van der Waals surface area contributed by atoms with Crippen LogP contribution in [-0.4, -0.2) is 18.6 Å². The van der Waals surface area contributed by atoms with Crippen molar-refractivity contribution >= 4 is 22.7 Å². The summed E-state index contributed by atoms with van der Waals surface area (Å²) in [7, 11) is 2.09.